The highest BCUT2D eigenvalue weighted by Crippen LogP contribution is 2.29. The highest BCUT2D eigenvalue weighted by atomic mass is 32.1. The molecule has 0 unspecified atom stereocenters. The Bertz CT molecular complexity index is 869. The molecule has 0 saturated carbocycles. The summed E-state index contributed by atoms with van der Waals surface area (Å²) in [6.45, 7) is 0. The number of hydrogen-bond donors (Lipinski definition) is 1. The molecule has 4 nitrogen and oxygen atoms in total. The Morgan fingerprint density at radius 2 is 1.96 bits per heavy atom. The highest BCUT2D eigenvalue weighted by molar-refractivity contribution is 7.19. The number of benzene rings is 2. The second-order valence-electron chi connectivity index (χ2n) is 5.36. The molecular weight excluding hydrogens is 308 g/mol. The van der Waals surface area contributed by atoms with E-state index >= 15 is 0 Å². The van der Waals surface area contributed by atoms with Crippen molar-refractivity contribution >= 4 is 39.4 Å². The number of nitrogens with zero attached hydrogens (tertiary/aromatic N) is 2. The maximum Gasteiger partial charge on any atom is 0.161 e. The summed E-state index contributed by atoms with van der Waals surface area (Å²) in [5.41, 5.74) is 3.12. The van der Waals surface area contributed by atoms with Crippen LogP contribution in [0.15, 0.2) is 36.4 Å². The van der Waals surface area contributed by atoms with E-state index in [0.29, 0.717) is 5.75 Å². The molecule has 1 heterocycles. The van der Waals surface area contributed by atoms with Crippen LogP contribution >= 0.6 is 11.3 Å². The van der Waals surface area contributed by atoms with Gasteiger partial charge in [0.2, 0.25) is 0 Å². The van der Waals surface area contributed by atoms with Crippen LogP contribution in [0.2, 0.25) is 0 Å². The number of rotatable bonds is 4. The van der Waals surface area contributed by atoms with Gasteiger partial charge in [0.1, 0.15) is 5.01 Å². The van der Waals surface area contributed by atoms with Gasteiger partial charge in [0.05, 0.1) is 17.3 Å². The van der Waals surface area contributed by atoms with E-state index in [1.807, 2.05) is 38.4 Å². The van der Waals surface area contributed by atoms with E-state index in [-0.39, 0.29) is 5.75 Å². The molecule has 0 spiro atoms. The average molecular weight is 326 g/mol. The van der Waals surface area contributed by atoms with Gasteiger partial charge in [-0.2, -0.15) is 0 Å². The Morgan fingerprint density at radius 3 is 2.70 bits per heavy atom. The number of aromatic nitrogens is 1. The summed E-state index contributed by atoms with van der Waals surface area (Å²) >= 11 is 1.66. The maximum absolute atomic E-state index is 9.62. The number of fused-ring (bicyclic) bond motifs is 1. The highest BCUT2D eigenvalue weighted by Gasteiger charge is 2.04. The summed E-state index contributed by atoms with van der Waals surface area (Å²) in [6.07, 6.45) is 3.94. The van der Waals surface area contributed by atoms with Gasteiger partial charge in [0.15, 0.2) is 11.5 Å². The molecule has 0 atom stereocenters. The zero-order valence-corrected chi connectivity index (χ0v) is 14.1. The van der Waals surface area contributed by atoms with Gasteiger partial charge in [-0.25, -0.2) is 4.98 Å². The topological polar surface area (TPSA) is 45.6 Å². The monoisotopic (exact) mass is 326 g/mol. The van der Waals surface area contributed by atoms with E-state index in [4.69, 9.17) is 4.74 Å². The molecular formula is C18H18N2O2S. The van der Waals surface area contributed by atoms with Crippen molar-refractivity contribution in [3.05, 3.63) is 47.0 Å². The summed E-state index contributed by atoms with van der Waals surface area (Å²) in [6, 6.07) is 11.5. The fraction of sp³-hybridized carbons (Fsp3) is 0.167. The van der Waals surface area contributed by atoms with Crippen molar-refractivity contribution < 1.29 is 9.84 Å². The summed E-state index contributed by atoms with van der Waals surface area (Å²) < 4.78 is 6.29. The van der Waals surface area contributed by atoms with E-state index in [1.54, 1.807) is 30.6 Å². The van der Waals surface area contributed by atoms with E-state index in [0.717, 1.165) is 16.1 Å². The Labute approximate surface area is 139 Å². The van der Waals surface area contributed by atoms with E-state index < -0.39 is 0 Å². The zero-order chi connectivity index (χ0) is 16.4. The Kier molecular flexibility index (Phi) is 4.21. The molecule has 0 aliphatic heterocycles. The number of aromatic hydroxyl groups is 1. The van der Waals surface area contributed by atoms with Gasteiger partial charge in [-0.3, -0.25) is 0 Å². The minimum atomic E-state index is 0.140. The van der Waals surface area contributed by atoms with Crippen molar-refractivity contribution in [2.24, 2.45) is 0 Å². The molecule has 0 bridgehead atoms. The van der Waals surface area contributed by atoms with Gasteiger partial charge in [-0.05, 0) is 42.0 Å². The van der Waals surface area contributed by atoms with E-state index in [2.05, 4.69) is 22.0 Å². The zero-order valence-electron chi connectivity index (χ0n) is 13.3. The standard InChI is InChI=1S/C18H18N2O2S/c1-20(2)13-6-7-14-17(11-13)23-18(19-14)9-5-12-4-8-15(21)16(10-12)22-3/h4-11,21H,1-3H3/b9-5+. The first-order valence-corrected chi connectivity index (χ1v) is 8.01. The quantitative estimate of drug-likeness (QED) is 0.778. The molecule has 1 aromatic heterocycles. The van der Waals surface area contributed by atoms with Gasteiger partial charge >= 0.3 is 0 Å². The molecule has 118 valence electrons. The lowest BCUT2D eigenvalue weighted by atomic mass is 10.2. The van der Waals surface area contributed by atoms with Crippen LogP contribution in [-0.2, 0) is 0 Å². The summed E-state index contributed by atoms with van der Waals surface area (Å²) in [5.74, 6) is 0.605. The number of anilines is 1. The fourth-order valence-corrected chi connectivity index (χ4v) is 3.15. The van der Waals surface area contributed by atoms with Crippen LogP contribution in [0, 0.1) is 0 Å². The molecule has 0 aliphatic rings. The lowest BCUT2D eigenvalue weighted by Crippen LogP contribution is -2.07. The van der Waals surface area contributed by atoms with Gasteiger partial charge in [0, 0.05) is 19.8 Å². The minimum Gasteiger partial charge on any atom is -0.504 e. The second-order valence-corrected chi connectivity index (χ2v) is 6.43. The first-order valence-electron chi connectivity index (χ1n) is 7.20. The average Bonchev–Trinajstić information content (AvgIpc) is 2.96. The van der Waals surface area contributed by atoms with Crippen molar-refractivity contribution in [1.82, 2.24) is 4.98 Å². The summed E-state index contributed by atoms with van der Waals surface area (Å²) in [5, 5.41) is 10.6. The third-order valence-electron chi connectivity index (χ3n) is 3.53. The molecule has 0 fully saturated rings. The first kappa shape index (κ1) is 15.4. The van der Waals surface area contributed by atoms with Crippen LogP contribution in [0.3, 0.4) is 0 Å². The number of ether oxygens (including phenoxy) is 1. The SMILES string of the molecule is COc1cc(/C=C/c2nc3ccc(N(C)C)cc3s2)ccc1O. The molecule has 1 N–H and O–H groups in total. The normalized spacial score (nSPS) is 11.3. The van der Waals surface area contributed by atoms with Gasteiger partial charge in [0.25, 0.3) is 0 Å². The number of methoxy groups -OCH3 is 1. The Morgan fingerprint density at radius 1 is 1.13 bits per heavy atom. The van der Waals surface area contributed by atoms with Crippen molar-refractivity contribution in [3.8, 4) is 11.5 Å². The molecule has 3 aromatic rings. The molecule has 0 saturated heterocycles. The Balaban J connectivity index is 1.89. The molecule has 2 aromatic carbocycles. The second kappa shape index (κ2) is 6.30. The van der Waals surface area contributed by atoms with Crippen LogP contribution in [-0.4, -0.2) is 31.3 Å². The molecule has 0 radical (unpaired) electrons. The van der Waals surface area contributed by atoms with E-state index in [9.17, 15) is 5.11 Å². The van der Waals surface area contributed by atoms with Crippen molar-refractivity contribution in [1.29, 1.82) is 0 Å². The van der Waals surface area contributed by atoms with Gasteiger partial charge < -0.3 is 14.7 Å². The van der Waals surface area contributed by atoms with Crippen LogP contribution in [0.1, 0.15) is 10.6 Å². The van der Waals surface area contributed by atoms with Gasteiger partial charge in [-0.15, -0.1) is 11.3 Å². The largest absolute Gasteiger partial charge is 0.504 e. The van der Waals surface area contributed by atoms with Crippen LogP contribution < -0.4 is 9.64 Å². The number of phenols is 1. The van der Waals surface area contributed by atoms with Crippen LogP contribution in [0.5, 0.6) is 11.5 Å². The molecule has 0 aliphatic carbocycles. The van der Waals surface area contributed by atoms with Crippen molar-refractivity contribution in [3.63, 3.8) is 0 Å². The van der Waals surface area contributed by atoms with Gasteiger partial charge in [-0.1, -0.05) is 12.1 Å². The number of thiazole rings is 1. The predicted molar refractivity (Wildman–Crippen MR) is 97.5 cm³/mol. The number of hydrogen-bond acceptors (Lipinski definition) is 5. The van der Waals surface area contributed by atoms with Crippen LogP contribution in [0.4, 0.5) is 5.69 Å². The fourth-order valence-electron chi connectivity index (χ4n) is 2.25. The first-order chi connectivity index (χ1) is 11.1. The summed E-state index contributed by atoms with van der Waals surface area (Å²) in [4.78, 5) is 6.70. The molecule has 0 amide bonds. The van der Waals surface area contributed by atoms with Crippen molar-refractivity contribution in [2.45, 2.75) is 0 Å². The maximum atomic E-state index is 9.62. The lowest BCUT2D eigenvalue weighted by molar-refractivity contribution is 0.373. The summed E-state index contributed by atoms with van der Waals surface area (Å²) in [7, 11) is 5.60. The van der Waals surface area contributed by atoms with Crippen molar-refractivity contribution in [2.75, 3.05) is 26.1 Å². The molecule has 23 heavy (non-hydrogen) atoms. The van der Waals surface area contributed by atoms with Crippen LogP contribution in [0.25, 0.3) is 22.4 Å². The Hall–Kier alpha value is -2.53. The third kappa shape index (κ3) is 3.29. The molecule has 3 rings (SSSR count). The minimum absolute atomic E-state index is 0.140. The predicted octanol–water partition coefficient (Wildman–Crippen LogP) is 4.25. The van der Waals surface area contributed by atoms with E-state index in [1.165, 1.54) is 10.4 Å². The smallest absolute Gasteiger partial charge is 0.161 e. The third-order valence-corrected chi connectivity index (χ3v) is 4.51. The lowest BCUT2D eigenvalue weighted by Gasteiger charge is -2.11. The number of phenolic OH excluding ortho intramolecular Hbond substituents is 1. The molecule has 5 heteroatoms.